The third-order valence-corrected chi connectivity index (χ3v) is 2.88. The molecule has 0 aliphatic carbocycles. The van der Waals surface area contributed by atoms with Crippen LogP contribution in [0.5, 0.6) is 0 Å². The minimum Gasteiger partial charge on any atom is -0.194 e. The van der Waals surface area contributed by atoms with E-state index in [1.54, 1.807) is 16.0 Å². The second-order valence-corrected chi connectivity index (χ2v) is 6.55. The molecule has 0 saturated heterocycles. The Kier molecular flexibility index (Phi) is 3.48. The molecule has 3 nitrogen and oxygen atoms in total. The molecule has 86 valence electrons. The number of rotatable bonds is 3. The summed E-state index contributed by atoms with van der Waals surface area (Å²) >= 11 is 1.57. The second-order valence-electron chi connectivity index (χ2n) is 5.81. The first-order valence-electron chi connectivity index (χ1n) is 5.22. The Hall–Kier alpha value is -0.510. The maximum Gasteiger partial charge on any atom is 0.0894 e. The van der Waals surface area contributed by atoms with Crippen molar-refractivity contribution in [2.75, 3.05) is 6.26 Å². The van der Waals surface area contributed by atoms with E-state index >= 15 is 0 Å². The zero-order chi connectivity index (χ0) is 11.7. The fourth-order valence-electron chi connectivity index (χ4n) is 2.06. The van der Waals surface area contributed by atoms with Gasteiger partial charge in [-0.15, -0.1) is 5.10 Å². The van der Waals surface area contributed by atoms with Crippen LogP contribution in [0.15, 0.2) is 6.20 Å². The molecule has 0 amide bonds. The van der Waals surface area contributed by atoms with E-state index in [1.165, 1.54) is 0 Å². The highest BCUT2D eigenvalue weighted by molar-refractivity contribution is 7.97. The molecule has 0 fully saturated rings. The molecule has 0 aliphatic rings. The van der Waals surface area contributed by atoms with Gasteiger partial charge in [-0.1, -0.05) is 39.8 Å². The van der Waals surface area contributed by atoms with Crippen molar-refractivity contribution < 1.29 is 0 Å². The van der Waals surface area contributed by atoms with Crippen molar-refractivity contribution in [3.05, 3.63) is 11.9 Å². The van der Waals surface area contributed by atoms with Gasteiger partial charge in [0.05, 0.1) is 11.9 Å². The molecule has 15 heavy (non-hydrogen) atoms. The lowest BCUT2D eigenvalue weighted by Gasteiger charge is -2.30. The lowest BCUT2D eigenvalue weighted by Crippen LogP contribution is -2.25. The van der Waals surface area contributed by atoms with E-state index < -0.39 is 0 Å². The molecule has 0 aromatic carbocycles. The molecule has 0 spiro atoms. The lowest BCUT2D eigenvalue weighted by molar-refractivity contribution is 0.279. The van der Waals surface area contributed by atoms with Crippen LogP contribution >= 0.6 is 11.9 Å². The molecule has 1 aromatic heterocycles. The summed E-state index contributed by atoms with van der Waals surface area (Å²) < 4.78 is 1.81. The zero-order valence-electron chi connectivity index (χ0n) is 10.5. The van der Waals surface area contributed by atoms with Gasteiger partial charge in [0.25, 0.3) is 0 Å². The first-order chi connectivity index (χ1) is 6.74. The highest BCUT2D eigenvalue weighted by Gasteiger charge is 2.29. The number of nitrogens with zero attached hydrogens (tertiary/aromatic N) is 3. The molecule has 4 heteroatoms. The minimum atomic E-state index is 0.0895. The highest BCUT2D eigenvalue weighted by Crippen LogP contribution is 2.35. The van der Waals surface area contributed by atoms with Crippen LogP contribution in [0.3, 0.4) is 0 Å². The van der Waals surface area contributed by atoms with Gasteiger partial charge in [-0.2, -0.15) is 4.09 Å². The summed E-state index contributed by atoms with van der Waals surface area (Å²) in [7, 11) is 0. The maximum absolute atomic E-state index is 4.23. The Morgan fingerprint density at radius 2 is 1.87 bits per heavy atom. The molecule has 0 atom stereocenters. The molecular formula is C11H21N3S. The SMILES string of the molecule is CSn1cc(C(C)(C)CC(C)(C)C)nn1. The van der Waals surface area contributed by atoms with E-state index in [9.17, 15) is 0 Å². The maximum atomic E-state index is 4.23. The van der Waals surface area contributed by atoms with Gasteiger partial charge in [-0.3, -0.25) is 0 Å². The molecule has 0 radical (unpaired) electrons. The van der Waals surface area contributed by atoms with Crippen molar-refractivity contribution in [3.8, 4) is 0 Å². The number of hydrogen-bond donors (Lipinski definition) is 0. The van der Waals surface area contributed by atoms with E-state index in [1.807, 2.05) is 12.5 Å². The predicted molar refractivity (Wildman–Crippen MR) is 66.0 cm³/mol. The van der Waals surface area contributed by atoms with E-state index in [-0.39, 0.29) is 5.41 Å². The third kappa shape index (κ3) is 3.52. The van der Waals surface area contributed by atoms with Crippen molar-refractivity contribution in [2.24, 2.45) is 5.41 Å². The Labute approximate surface area is 96.8 Å². The molecule has 1 aromatic rings. The Morgan fingerprint density at radius 3 is 2.27 bits per heavy atom. The predicted octanol–water partition coefficient (Wildman–Crippen LogP) is 3.12. The smallest absolute Gasteiger partial charge is 0.0894 e. The monoisotopic (exact) mass is 227 g/mol. The van der Waals surface area contributed by atoms with Gasteiger partial charge in [0.2, 0.25) is 0 Å². The summed E-state index contributed by atoms with van der Waals surface area (Å²) in [6.45, 7) is 11.2. The number of hydrogen-bond acceptors (Lipinski definition) is 3. The number of aromatic nitrogens is 3. The van der Waals surface area contributed by atoms with Gasteiger partial charge >= 0.3 is 0 Å². The topological polar surface area (TPSA) is 30.7 Å². The summed E-state index contributed by atoms with van der Waals surface area (Å²) in [5.41, 5.74) is 1.48. The summed E-state index contributed by atoms with van der Waals surface area (Å²) in [5.74, 6) is 0. The summed E-state index contributed by atoms with van der Waals surface area (Å²) in [5, 5.41) is 8.30. The molecule has 0 N–H and O–H groups in total. The fraction of sp³-hybridized carbons (Fsp3) is 0.818. The van der Waals surface area contributed by atoms with E-state index in [2.05, 4.69) is 44.9 Å². The van der Waals surface area contributed by atoms with Crippen LogP contribution in [-0.2, 0) is 5.41 Å². The molecule has 0 unspecified atom stereocenters. The van der Waals surface area contributed by atoms with Crippen LogP contribution in [0.25, 0.3) is 0 Å². The van der Waals surface area contributed by atoms with Crippen LogP contribution < -0.4 is 0 Å². The third-order valence-electron chi connectivity index (χ3n) is 2.33. The summed E-state index contributed by atoms with van der Waals surface area (Å²) in [6.07, 6.45) is 5.12. The lowest BCUT2D eigenvalue weighted by atomic mass is 9.75. The summed E-state index contributed by atoms with van der Waals surface area (Å²) in [6, 6.07) is 0. The Bertz CT molecular complexity index is 323. The van der Waals surface area contributed by atoms with Crippen molar-refractivity contribution in [1.82, 2.24) is 14.4 Å². The van der Waals surface area contributed by atoms with Crippen molar-refractivity contribution in [1.29, 1.82) is 0 Å². The second kappa shape index (κ2) is 4.16. The van der Waals surface area contributed by atoms with Crippen molar-refractivity contribution >= 4 is 11.9 Å². The highest BCUT2D eigenvalue weighted by atomic mass is 32.2. The van der Waals surface area contributed by atoms with Crippen LogP contribution in [0.1, 0.15) is 46.7 Å². The largest absolute Gasteiger partial charge is 0.194 e. The molecule has 0 bridgehead atoms. The van der Waals surface area contributed by atoms with Gasteiger partial charge in [-0.05, 0) is 23.8 Å². The molecule has 1 rings (SSSR count). The van der Waals surface area contributed by atoms with Crippen LogP contribution in [0, 0.1) is 5.41 Å². The van der Waals surface area contributed by atoms with Crippen LogP contribution in [0.4, 0.5) is 0 Å². The molecule has 0 aliphatic heterocycles. The summed E-state index contributed by atoms with van der Waals surface area (Å²) in [4.78, 5) is 0. The van der Waals surface area contributed by atoms with Gasteiger partial charge < -0.3 is 0 Å². The van der Waals surface area contributed by atoms with Gasteiger partial charge in [0.1, 0.15) is 0 Å². The molecular weight excluding hydrogens is 206 g/mol. The average molecular weight is 227 g/mol. The quantitative estimate of drug-likeness (QED) is 0.795. The molecule has 1 heterocycles. The van der Waals surface area contributed by atoms with Crippen LogP contribution in [-0.4, -0.2) is 20.7 Å². The molecule has 0 saturated carbocycles. The fourth-order valence-corrected chi connectivity index (χ4v) is 2.38. The van der Waals surface area contributed by atoms with Gasteiger partial charge in [0.15, 0.2) is 0 Å². The zero-order valence-corrected chi connectivity index (χ0v) is 11.4. The first-order valence-corrected chi connectivity index (χ1v) is 6.40. The average Bonchev–Trinajstić information content (AvgIpc) is 2.47. The Morgan fingerprint density at radius 1 is 1.27 bits per heavy atom. The van der Waals surface area contributed by atoms with Crippen molar-refractivity contribution in [3.63, 3.8) is 0 Å². The van der Waals surface area contributed by atoms with Gasteiger partial charge in [-0.25, -0.2) is 0 Å². The Balaban J connectivity index is 2.85. The first kappa shape index (κ1) is 12.6. The normalized spacial score (nSPS) is 13.2. The standard InChI is InChI=1S/C11H21N3S/c1-10(2,3)8-11(4,5)9-7-14(15-6)13-12-9/h7H,8H2,1-6H3. The van der Waals surface area contributed by atoms with E-state index in [0.717, 1.165) is 12.1 Å². The minimum absolute atomic E-state index is 0.0895. The van der Waals surface area contributed by atoms with E-state index in [0.29, 0.717) is 5.41 Å². The van der Waals surface area contributed by atoms with E-state index in [4.69, 9.17) is 0 Å². The van der Waals surface area contributed by atoms with Gasteiger partial charge in [0, 0.05) is 11.7 Å². The van der Waals surface area contributed by atoms with Crippen molar-refractivity contribution in [2.45, 2.75) is 46.5 Å². The van der Waals surface area contributed by atoms with Crippen LogP contribution in [0.2, 0.25) is 0 Å².